The summed E-state index contributed by atoms with van der Waals surface area (Å²) in [4.78, 5) is 13.0. The van der Waals surface area contributed by atoms with Gasteiger partial charge in [0.2, 0.25) is 5.91 Å². The normalized spacial score (nSPS) is 16.2. The Morgan fingerprint density at radius 3 is 2.62 bits per heavy atom. The lowest BCUT2D eigenvalue weighted by Crippen LogP contribution is -2.33. The zero-order valence-corrected chi connectivity index (χ0v) is 14.4. The maximum absolute atomic E-state index is 12.4. The van der Waals surface area contributed by atoms with Crippen LogP contribution in [0.15, 0.2) is 59.5 Å². The van der Waals surface area contributed by atoms with Gasteiger partial charge in [-0.3, -0.25) is 9.00 Å². The van der Waals surface area contributed by atoms with Crippen LogP contribution in [0.1, 0.15) is 24.4 Å². The molecule has 2 atom stereocenters. The van der Waals surface area contributed by atoms with Gasteiger partial charge in [-0.2, -0.15) is 0 Å². The number of nitrogens with one attached hydrogen (secondary N) is 1. The number of hydrogen-bond acceptors (Lipinski definition) is 3. The largest absolute Gasteiger partial charge is 0.497 e. The summed E-state index contributed by atoms with van der Waals surface area (Å²) in [6, 6.07) is 17.0. The third kappa shape index (κ3) is 4.23. The minimum Gasteiger partial charge on any atom is -0.497 e. The highest BCUT2D eigenvalue weighted by Crippen LogP contribution is 2.40. The second kappa shape index (κ2) is 7.62. The first-order valence-electron chi connectivity index (χ1n) is 8.04. The molecule has 4 nitrogen and oxygen atoms in total. The van der Waals surface area contributed by atoms with Gasteiger partial charge in [-0.05, 0) is 42.5 Å². The maximum atomic E-state index is 12.4. The third-order valence-corrected chi connectivity index (χ3v) is 5.44. The number of carbonyl (C=O) groups is 1. The van der Waals surface area contributed by atoms with Crippen LogP contribution in [0, 0.1) is 5.92 Å². The molecule has 0 heterocycles. The number of benzene rings is 2. The predicted molar refractivity (Wildman–Crippen MR) is 94.3 cm³/mol. The predicted octanol–water partition coefficient (Wildman–Crippen LogP) is 3.07. The van der Waals surface area contributed by atoms with Crippen molar-refractivity contribution in [2.24, 2.45) is 5.92 Å². The Balaban J connectivity index is 1.64. The Morgan fingerprint density at radius 2 is 1.96 bits per heavy atom. The number of methoxy groups -OCH3 is 1. The lowest BCUT2D eigenvalue weighted by molar-refractivity contribution is -0.119. The fourth-order valence-electron chi connectivity index (χ4n) is 2.72. The second-order valence-electron chi connectivity index (χ2n) is 5.96. The van der Waals surface area contributed by atoms with E-state index in [4.69, 9.17) is 4.74 Å². The molecule has 1 fully saturated rings. The van der Waals surface area contributed by atoms with Crippen molar-refractivity contribution < 1.29 is 13.7 Å². The van der Waals surface area contributed by atoms with Crippen LogP contribution < -0.4 is 10.1 Å². The summed E-state index contributed by atoms with van der Waals surface area (Å²) in [7, 11) is 0.181. The van der Waals surface area contributed by atoms with E-state index in [1.165, 1.54) is 0 Å². The summed E-state index contributed by atoms with van der Waals surface area (Å²) in [6.45, 7) is 0. The van der Waals surface area contributed by atoms with Crippen LogP contribution in [0.4, 0.5) is 0 Å². The monoisotopic (exact) mass is 343 g/mol. The zero-order valence-electron chi connectivity index (χ0n) is 13.6. The number of rotatable bonds is 7. The van der Waals surface area contributed by atoms with E-state index in [0.29, 0.717) is 16.6 Å². The molecule has 126 valence electrons. The van der Waals surface area contributed by atoms with Gasteiger partial charge in [0.05, 0.1) is 24.0 Å². The van der Waals surface area contributed by atoms with Crippen LogP contribution in [0.5, 0.6) is 5.75 Å². The van der Waals surface area contributed by atoms with Crippen molar-refractivity contribution >= 4 is 16.7 Å². The summed E-state index contributed by atoms with van der Waals surface area (Å²) in [6.07, 6.45) is 2.25. The number of hydrogen-bond donors (Lipinski definition) is 1. The van der Waals surface area contributed by atoms with Crippen molar-refractivity contribution in [1.82, 2.24) is 5.32 Å². The summed E-state index contributed by atoms with van der Waals surface area (Å²) in [5, 5.41) is 3.06. The quantitative estimate of drug-likeness (QED) is 0.840. The number of ether oxygens (including phenoxy) is 1. The fraction of sp³-hybridized carbons (Fsp3) is 0.316. The summed E-state index contributed by atoms with van der Waals surface area (Å²) < 4.78 is 17.6. The zero-order chi connectivity index (χ0) is 16.9. The highest BCUT2D eigenvalue weighted by atomic mass is 32.2. The van der Waals surface area contributed by atoms with Crippen molar-refractivity contribution in [3.8, 4) is 5.75 Å². The number of carbonyl (C=O) groups excluding carboxylic acids is 1. The molecule has 0 aromatic heterocycles. The molecule has 0 radical (unpaired) electrons. The van der Waals surface area contributed by atoms with E-state index in [1.54, 1.807) is 31.4 Å². The van der Waals surface area contributed by atoms with E-state index >= 15 is 0 Å². The van der Waals surface area contributed by atoms with Gasteiger partial charge >= 0.3 is 0 Å². The molecule has 0 aliphatic heterocycles. The Bertz CT molecular complexity index is 728. The van der Waals surface area contributed by atoms with E-state index in [1.807, 2.05) is 30.3 Å². The van der Waals surface area contributed by atoms with Crippen LogP contribution in [-0.4, -0.2) is 23.0 Å². The van der Waals surface area contributed by atoms with E-state index in [2.05, 4.69) is 5.32 Å². The Morgan fingerprint density at radius 1 is 1.21 bits per heavy atom. The number of amides is 1. The molecule has 0 bridgehead atoms. The molecule has 0 saturated heterocycles. The van der Waals surface area contributed by atoms with E-state index in [0.717, 1.165) is 18.4 Å². The molecule has 5 heteroatoms. The van der Waals surface area contributed by atoms with Gasteiger partial charge in [-0.25, -0.2) is 0 Å². The highest BCUT2D eigenvalue weighted by Gasteiger charge is 2.33. The van der Waals surface area contributed by atoms with Crippen LogP contribution >= 0.6 is 0 Å². The van der Waals surface area contributed by atoms with Crippen molar-refractivity contribution in [1.29, 1.82) is 0 Å². The van der Waals surface area contributed by atoms with Crippen molar-refractivity contribution in [3.05, 3.63) is 60.2 Å². The average Bonchev–Trinajstić information content (AvgIpc) is 3.45. The molecule has 1 amide bonds. The molecular weight excluding hydrogens is 322 g/mol. The molecule has 1 aliphatic carbocycles. The van der Waals surface area contributed by atoms with Crippen LogP contribution in [-0.2, 0) is 15.6 Å². The molecule has 3 rings (SSSR count). The molecule has 24 heavy (non-hydrogen) atoms. The van der Waals surface area contributed by atoms with Crippen LogP contribution in [0.25, 0.3) is 0 Å². The Hall–Kier alpha value is -2.14. The second-order valence-corrected chi connectivity index (χ2v) is 7.41. The van der Waals surface area contributed by atoms with Crippen molar-refractivity contribution in [2.45, 2.75) is 23.8 Å². The summed E-state index contributed by atoms with van der Waals surface area (Å²) in [5.74, 6) is 0.906. The molecule has 2 aromatic rings. The van der Waals surface area contributed by atoms with E-state index in [-0.39, 0.29) is 17.7 Å². The smallest absolute Gasteiger partial charge is 0.233 e. The first-order valence-corrected chi connectivity index (χ1v) is 9.36. The van der Waals surface area contributed by atoms with Crippen molar-refractivity contribution in [3.63, 3.8) is 0 Å². The molecule has 1 aliphatic rings. The SMILES string of the molecule is COc1cccc([S@@](=O)CC(=O)N[C@H](c2ccccc2)C2CC2)c1. The lowest BCUT2D eigenvalue weighted by atomic mass is 10.0. The fourth-order valence-corrected chi connectivity index (χ4v) is 3.69. The third-order valence-electron chi connectivity index (χ3n) is 4.13. The van der Waals surface area contributed by atoms with Crippen LogP contribution in [0.2, 0.25) is 0 Å². The van der Waals surface area contributed by atoms with Gasteiger partial charge in [0, 0.05) is 4.90 Å². The lowest BCUT2D eigenvalue weighted by Gasteiger charge is -2.18. The topological polar surface area (TPSA) is 55.4 Å². The molecule has 1 N–H and O–H groups in total. The van der Waals surface area contributed by atoms with Gasteiger partial charge < -0.3 is 10.1 Å². The van der Waals surface area contributed by atoms with E-state index < -0.39 is 10.8 Å². The maximum Gasteiger partial charge on any atom is 0.233 e. The van der Waals surface area contributed by atoms with Crippen LogP contribution in [0.3, 0.4) is 0 Å². The standard InChI is InChI=1S/C19H21NO3S/c1-23-16-8-5-9-17(12-16)24(22)13-18(21)20-19(15-10-11-15)14-6-3-2-4-7-14/h2-9,12,15,19H,10-11,13H2,1H3,(H,20,21)/t19-,24+/m1/s1. The Labute approximate surface area is 144 Å². The van der Waals surface area contributed by atoms with Gasteiger partial charge in [-0.1, -0.05) is 36.4 Å². The Kier molecular flexibility index (Phi) is 5.30. The molecule has 0 spiro atoms. The highest BCUT2D eigenvalue weighted by molar-refractivity contribution is 7.85. The van der Waals surface area contributed by atoms with Gasteiger partial charge in [0.1, 0.15) is 11.5 Å². The van der Waals surface area contributed by atoms with Crippen molar-refractivity contribution in [2.75, 3.05) is 12.9 Å². The molecule has 2 aromatic carbocycles. The van der Waals surface area contributed by atoms with Gasteiger partial charge in [0.25, 0.3) is 0 Å². The van der Waals surface area contributed by atoms with E-state index in [9.17, 15) is 9.00 Å². The minimum atomic E-state index is -1.38. The minimum absolute atomic E-state index is 0.0148. The first-order chi connectivity index (χ1) is 11.7. The first kappa shape index (κ1) is 16.7. The molecular formula is C19H21NO3S. The summed E-state index contributed by atoms with van der Waals surface area (Å²) >= 11 is 0. The average molecular weight is 343 g/mol. The molecule has 0 unspecified atom stereocenters. The molecule has 1 saturated carbocycles. The summed E-state index contributed by atoms with van der Waals surface area (Å²) in [5.41, 5.74) is 1.11. The van der Waals surface area contributed by atoms with Gasteiger partial charge in [-0.15, -0.1) is 0 Å². The van der Waals surface area contributed by atoms with Gasteiger partial charge in [0.15, 0.2) is 0 Å².